The van der Waals surface area contributed by atoms with Gasteiger partial charge in [0.2, 0.25) is 5.95 Å². The van der Waals surface area contributed by atoms with E-state index in [0.29, 0.717) is 34.6 Å². The lowest BCUT2D eigenvalue weighted by Crippen LogP contribution is -2.36. The van der Waals surface area contributed by atoms with Crippen LogP contribution >= 0.6 is 0 Å². The van der Waals surface area contributed by atoms with E-state index in [1.165, 1.54) is 0 Å². The van der Waals surface area contributed by atoms with Gasteiger partial charge in [0.05, 0.1) is 10.6 Å². The van der Waals surface area contributed by atoms with E-state index in [1.54, 1.807) is 62.5 Å². The number of benzene rings is 2. The molecule has 3 aromatic rings. The summed E-state index contributed by atoms with van der Waals surface area (Å²) in [7, 11) is -4.11. The van der Waals surface area contributed by atoms with E-state index in [0.717, 1.165) is 22.7 Å². The summed E-state index contributed by atoms with van der Waals surface area (Å²) in [6, 6.07) is 12.2. The Balaban J connectivity index is 1.61. The van der Waals surface area contributed by atoms with Crippen LogP contribution in [0, 0.1) is 20.8 Å². The quantitative estimate of drug-likeness (QED) is 0.419. The van der Waals surface area contributed by atoms with Crippen molar-refractivity contribution in [1.29, 1.82) is 0 Å². The maximum Gasteiger partial charge on any atom is 0.324 e. The molecule has 1 aliphatic carbocycles. The molecule has 9 nitrogen and oxygen atoms in total. The number of aromatic nitrogens is 2. The first-order valence-electron chi connectivity index (χ1n) is 10.9. The fourth-order valence-corrected chi connectivity index (χ4v) is 5.72. The van der Waals surface area contributed by atoms with Gasteiger partial charge in [-0.2, -0.15) is 4.98 Å². The van der Waals surface area contributed by atoms with Crippen LogP contribution in [0.3, 0.4) is 0 Å². The average Bonchev–Trinajstić information content (AvgIpc) is 3.56. The number of hydrogen-bond donors (Lipinski definition) is 3. The Labute approximate surface area is 198 Å². The van der Waals surface area contributed by atoms with Crippen molar-refractivity contribution in [1.82, 2.24) is 9.97 Å². The van der Waals surface area contributed by atoms with Gasteiger partial charge in [0.1, 0.15) is 12.4 Å². The SMILES string of the molecule is Cc1cc(C)c(S(=O)(=O)N(CC(=O)O)c2ccc(Nc3ccnc(NC4CC4)n3)cc2)c(C)c1. The summed E-state index contributed by atoms with van der Waals surface area (Å²) in [6.45, 7) is 4.63. The number of aliphatic carboxylic acids is 1. The summed E-state index contributed by atoms with van der Waals surface area (Å²) in [4.78, 5) is 20.3. The number of anilines is 4. The molecule has 1 fully saturated rings. The summed E-state index contributed by atoms with van der Waals surface area (Å²) < 4.78 is 28.0. The van der Waals surface area contributed by atoms with Crippen molar-refractivity contribution < 1.29 is 18.3 Å². The smallest absolute Gasteiger partial charge is 0.324 e. The van der Waals surface area contributed by atoms with Gasteiger partial charge in [-0.25, -0.2) is 13.4 Å². The summed E-state index contributed by atoms with van der Waals surface area (Å²) in [5.41, 5.74) is 3.02. The van der Waals surface area contributed by atoms with Crippen LogP contribution in [0.15, 0.2) is 53.6 Å². The van der Waals surface area contributed by atoms with Gasteiger partial charge in [-0.3, -0.25) is 9.10 Å². The number of carboxylic acid groups (broad SMARTS) is 1. The molecular formula is C24H27N5O4S. The van der Waals surface area contributed by atoms with Crippen molar-refractivity contribution >= 4 is 39.1 Å². The van der Waals surface area contributed by atoms with Gasteiger partial charge in [0.15, 0.2) is 0 Å². The van der Waals surface area contributed by atoms with Crippen LogP contribution in [0.25, 0.3) is 0 Å². The minimum atomic E-state index is -4.11. The van der Waals surface area contributed by atoms with Gasteiger partial charge in [-0.15, -0.1) is 0 Å². The van der Waals surface area contributed by atoms with Gasteiger partial charge in [-0.05, 0) is 75.1 Å². The van der Waals surface area contributed by atoms with E-state index in [2.05, 4.69) is 20.6 Å². The molecule has 3 N–H and O–H groups in total. The van der Waals surface area contributed by atoms with E-state index in [9.17, 15) is 18.3 Å². The highest BCUT2D eigenvalue weighted by Gasteiger charge is 2.30. The molecule has 0 atom stereocenters. The van der Waals surface area contributed by atoms with Gasteiger partial charge >= 0.3 is 5.97 Å². The molecule has 1 aliphatic rings. The lowest BCUT2D eigenvalue weighted by atomic mass is 10.1. The van der Waals surface area contributed by atoms with E-state index < -0.39 is 22.5 Å². The Kier molecular flexibility index (Phi) is 6.43. The monoisotopic (exact) mass is 481 g/mol. The van der Waals surface area contributed by atoms with Crippen LogP contribution in [-0.4, -0.2) is 42.0 Å². The number of carbonyl (C=O) groups is 1. The van der Waals surface area contributed by atoms with Crippen LogP contribution in [0.1, 0.15) is 29.5 Å². The third kappa shape index (κ3) is 5.28. The number of sulfonamides is 1. The number of carboxylic acids is 1. The molecule has 34 heavy (non-hydrogen) atoms. The van der Waals surface area contributed by atoms with Crippen molar-refractivity contribution in [2.45, 2.75) is 44.6 Å². The molecule has 178 valence electrons. The molecule has 0 saturated heterocycles. The van der Waals surface area contributed by atoms with Crippen LogP contribution in [0.5, 0.6) is 0 Å². The predicted molar refractivity (Wildman–Crippen MR) is 131 cm³/mol. The summed E-state index contributed by atoms with van der Waals surface area (Å²) in [5, 5.41) is 15.8. The van der Waals surface area contributed by atoms with Crippen molar-refractivity contribution in [3.8, 4) is 0 Å². The molecule has 10 heteroatoms. The van der Waals surface area contributed by atoms with E-state index >= 15 is 0 Å². The summed E-state index contributed by atoms with van der Waals surface area (Å²) in [6.07, 6.45) is 3.88. The molecule has 1 saturated carbocycles. The number of nitrogens with zero attached hydrogens (tertiary/aromatic N) is 3. The van der Waals surface area contributed by atoms with Crippen LogP contribution in [0.2, 0.25) is 0 Å². The molecule has 1 heterocycles. The molecule has 0 bridgehead atoms. The Morgan fingerprint density at radius 2 is 1.74 bits per heavy atom. The first-order chi connectivity index (χ1) is 16.1. The molecule has 0 amide bonds. The Morgan fingerprint density at radius 1 is 1.09 bits per heavy atom. The predicted octanol–water partition coefficient (Wildman–Crippen LogP) is 4.00. The second-order valence-corrected chi connectivity index (χ2v) is 10.3. The molecule has 2 aromatic carbocycles. The highest BCUT2D eigenvalue weighted by Crippen LogP contribution is 2.30. The average molecular weight is 482 g/mol. The number of rotatable bonds is 9. The maximum atomic E-state index is 13.6. The highest BCUT2D eigenvalue weighted by atomic mass is 32.2. The van der Waals surface area contributed by atoms with Crippen LogP contribution in [0.4, 0.5) is 23.1 Å². The first-order valence-corrected chi connectivity index (χ1v) is 12.4. The Bertz CT molecular complexity index is 1300. The van der Waals surface area contributed by atoms with Gasteiger partial charge < -0.3 is 15.7 Å². The third-order valence-electron chi connectivity index (χ3n) is 5.43. The lowest BCUT2D eigenvalue weighted by molar-refractivity contribution is -0.135. The summed E-state index contributed by atoms with van der Waals surface area (Å²) >= 11 is 0. The molecule has 4 rings (SSSR count). The van der Waals surface area contributed by atoms with Crippen molar-refractivity contribution in [3.63, 3.8) is 0 Å². The molecule has 0 aliphatic heterocycles. The van der Waals surface area contributed by atoms with Crippen molar-refractivity contribution in [2.24, 2.45) is 0 Å². The van der Waals surface area contributed by atoms with Crippen LogP contribution < -0.4 is 14.9 Å². The van der Waals surface area contributed by atoms with Crippen molar-refractivity contribution in [2.75, 3.05) is 21.5 Å². The third-order valence-corrected chi connectivity index (χ3v) is 7.51. The maximum absolute atomic E-state index is 13.6. The molecular weight excluding hydrogens is 454 g/mol. The molecule has 1 aromatic heterocycles. The largest absolute Gasteiger partial charge is 0.480 e. The first kappa shape index (κ1) is 23.5. The van der Waals surface area contributed by atoms with Gasteiger partial charge in [-0.1, -0.05) is 17.7 Å². The van der Waals surface area contributed by atoms with Gasteiger partial charge in [0.25, 0.3) is 10.0 Å². The van der Waals surface area contributed by atoms with E-state index in [-0.39, 0.29) is 10.6 Å². The summed E-state index contributed by atoms with van der Waals surface area (Å²) in [5.74, 6) is -0.108. The standard InChI is InChI=1S/C24H27N5O4S/c1-15-12-16(2)23(17(3)13-15)34(32,33)29(14-22(30)31)20-8-6-18(7-9-20)26-21-10-11-25-24(28-21)27-19-4-5-19/h6-13,19H,4-5,14H2,1-3H3,(H,30,31)(H2,25,26,27,28). The number of aryl methyl sites for hydroxylation is 3. The fourth-order valence-electron chi connectivity index (χ4n) is 3.89. The van der Waals surface area contributed by atoms with E-state index in [1.807, 2.05) is 6.92 Å². The fraction of sp³-hybridized carbons (Fsp3) is 0.292. The normalized spacial score (nSPS) is 13.4. The van der Waals surface area contributed by atoms with E-state index in [4.69, 9.17) is 0 Å². The Morgan fingerprint density at radius 3 is 2.32 bits per heavy atom. The Hall–Kier alpha value is -3.66. The van der Waals surface area contributed by atoms with Crippen molar-refractivity contribution in [3.05, 3.63) is 65.4 Å². The zero-order valence-electron chi connectivity index (χ0n) is 19.2. The second-order valence-electron chi connectivity index (χ2n) is 8.49. The minimum absolute atomic E-state index is 0.123. The van der Waals surface area contributed by atoms with Gasteiger partial charge in [0, 0.05) is 17.9 Å². The molecule has 0 spiro atoms. The highest BCUT2D eigenvalue weighted by molar-refractivity contribution is 7.93. The topological polar surface area (TPSA) is 125 Å². The molecule has 0 radical (unpaired) electrons. The molecule has 0 unspecified atom stereocenters. The second kappa shape index (κ2) is 9.30. The minimum Gasteiger partial charge on any atom is -0.480 e. The van der Waals surface area contributed by atoms with Crippen LogP contribution in [-0.2, 0) is 14.8 Å². The zero-order chi connectivity index (χ0) is 24.5. The lowest BCUT2D eigenvalue weighted by Gasteiger charge is -2.25. The number of nitrogens with one attached hydrogen (secondary N) is 2. The zero-order valence-corrected chi connectivity index (χ0v) is 20.1. The number of hydrogen-bond acceptors (Lipinski definition) is 7.